The molecule has 0 saturated carbocycles. The van der Waals surface area contributed by atoms with Gasteiger partial charge in [0.05, 0.1) is 7.11 Å². The number of carbonyl (C=O) groups excluding carboxylic acids is 2. The lowest BCUT2D eigenvalue weighted by molar-refractivity contribution is 0.0946. The van der Waals surface area contributed by atoms with Crippen LogP contribution in [0.3, 0.4) is 0 Å². The molecule has 2 N–H and O–H groups in total. The second-order valence-corrected chi connectivity index (χ2v) is 6.31. The molecule has 1 aliphatic heterocycles. The number of nitrogens with zero attached hydrogens (tertiary/aromatic N) is 2. The maximum atomic E-state index is 12.6. The van der Waals surface area contributed by atoms with E-state index in [2.05, 4.69) is 20.6 Å². The summed E-state index contributed by atoms with van der Waals surface area (Å²) in [6, 6.07) is 12.0. The SMILES string of the molecule is COc1ccc(C(=O)Nc2nccnc2C(=O)NCc2ccc3c(c2)OCO3)cc1. The van der Waals surface area contributed by atoms with E-state index in [1.807, 2.05) is 6.07 Å². The predicted molar refractivity (Wildman–Crippen MR) is 107 cm³/mol. The van der Waals surface area contributed by atoms with Gasteiger partial charge < -0.3 is 24.8 Å². The lowest BCUT2D eigenvalue weighted by Crippen LogP contribution is -2.26. The number of fused-ring (bicyclic) bond motifs is 1. The van der Waals surface area contributed by atoms with E-state index in [0.717, 1.165) is 5.56 Å². The molecule has 30 heavy (non-hydrogen) atoms. The average Bonchev–Trinajstić information content (AvgIpc) is 3.26. The summed E-state index contributed by atoms with van der Waals surface area (Å²) >= 11 is 0. The molecule has 0 bridgehead atoms. The zero-order chi connectivity index (χ0) is 20.9. The van der Waals surface area contributed by atoms with Crippen LogP contribution in [-0.4, -0.2) is 35.7 Å². The molecule has 152 valence electrons. The van der Waals surface area contributed by atoms with Crippen molar-refractivity contribution in [1.29, 1.82) is 0 Å². The van der Waals surface area contributed by atoms with Gasteiger partial charge in [0.15, 0.2) is 23.0 Å². The Balaban J connectivity index is 1.44. The van der Waals surface area contributed by atoms with Crippen LogP contribution in [0.4, 0.5) is 5.82 Å². The topological polar surface area (TPSA) is 112 Å². The first kappa shape index (κ1) is 19.2. The van der Waals surface area contributed by atoms with Gasteiger partial charge in [0.2, 0.25) is 6.79 Å². The third-order valence-corrected chi connectivity index (χ3v) is 4.39. The van der Waals surface area contributed by atoms with Crippen LogP contribution in [0.25, 0.3) is 0 Å². The van der Waals surface area contributed by atoms with E-state index in [1.165, 1.54) is 12.4 Å². The van der Waals surface area contributed by atoms with Gasteiger partial charge in [0.1, 0.15) is 5.75 Å². The van der Waals surface area contributed by atoms with Crippen LogP contribution < -0.4 is 24.8 Å². The molecule has 0 unspecified atom stereocenters. The number of methoxy groups -OCH3 is 1. The Labute approximate surface area is 172 Å². The van der Waals surface area contributed by atoms with Crippen molar-refractivity contribution >= 4 is 17.6 Å². The number of carbonyl (C=O) groups is 2. The third-order valence-electron chi connectivity index (χ3n) is 4.39. The third kappa shape index (κ3) is 4.14. The quantitative estimate of drug-likeness (QED) is 0.646. The second-order valence-electron chi connectivity index (χ2n) is 6.31. The Morgan fingerprint density at radius 3 is 2.57 bits per heavy atom. The van der Waals surface area contributed by atoms with Crippen LogP contribution in [0.5, 0.6) is 17.2 Å². The molecule has 0 aliphatic carbocycles. The lowest BCUT2D eigenvalue weighted by Gasteiger charge is -2.10. The lowest BCUT2D eigenvalue weighted by atomic mass is 10.2. The number of benzene rings is 2. The fourth-order valence-electron chi connectivity index (χ4n) is 2.83. The molecule has 9 nitrogen and oxygen atoms in total. The first-order valence-corrected chi connectivity index (χ1v) is 9.07. The molecule has 0 radical (unpaired) electrons. The fourth-order valence-corrected chi connectivity index (χ4v) is 2.83. The highest BCUT2D eigenvalue weighted by molar-refractivity contribution is 6.07. The largest absolute Gasteiger partial charge is 0.497 e. The fraction of sp³-hybridized carbons (Fsp3) is 0.143. The molecule has 0 spiro atoms. The van der Waals surface area contributed by atoms with E-state index in [-0.39, 0.29) is 24.8 Å². The van der Waals surface area contributed by atoms with Gasteiger partial charge in [-0.15, -0.1) is 0 Å². The Kier molecular flexibility index (Phi) is 5.42. The Hall–Kier alpha value is -4.14. The number of ether oxygens (including phenoxy) is 3. The number of nitrogens with one attached hydrogen (secondary N) is 2. The van der Waals surface area contributed by atoms with Crippen LogP contribution in [0.1, 0.15) is 26.4 Å². The zero-order valence-corrected chi connectivity index (χ0v) is 16.0. The number of hydrogen-bond acceptors (Lipinski definition) is 7. The molecular weight excluding hydrogens is 388 g/mol. The highest BCUT2D eigenvalue weighted by Crippen LogP contribution is 2.32. The summed E-state index contributed by atoms with van der Waals surface area (Å²) in [6.07, 6.45) is 2.79. The van der Waals surface area contributed by atoms with Crippen molar-refractivity contribution < 1.29 is 23.8 Å². The maximum Gasteiger partial charge on any atom is 0.274 e. The molecule has 0 saturated heterocycles. The van der Waals surface area contributed by atoms with Gasteiger partial charge in [-0.1, -0.05) is 6.07 Å². The van der Waals surface area contributed by atoms with Gasteiger partial charge in [-0.05, 0) is 42.0 Å². The smallest absolute Gasteiger partial charge is 0.274 e. The Bertz CT molecular complexity index is 1090. The summed E-state index contributed by atoms with van der Waals surface area (Å²) < 4.78 is 15.7. The highest BCUT2D eigenvalue weighted by atomic mass is 16.7. The average molecular weight is 406 g/mol. The van der Waals surface area contributed by atoms with Gasteiger partial charge in [-0.3, -0.25) is 9.59 Å². The minimum Gasteiger partial charge on any atom is -0.497 e. The normalized spacial score (nSPS) is 11.6. The second kappa shape index (κ2) is 8.48. The summed E-state index contributed by atoms with van der Waals surface area (Å²) in [6.45, 7) is 0.430. The van der Waals surface area contributed by atoms with E-state index in [1.54, 1.807) is 43.5 Å². The van der Waals surface area contributed by atoms with Gasteiger partial charge in [-0.2, -0.15) is 0 Å². The molecule has 2 amide bonds. The standard InChI is InChI=1S/C21H18N4O5/c1-28-15-5-3-14(4-6-15)20(26)25-19-18(22-8-9-23-19)21(27)24-11-13-2-7-16-17(10-13)30-12-29-16/h2-10H,11-12H2,1H3,(H,24,27)(H,23,25,26). The molecule has 0 fully saturated rings. The minimum atomic E-state index is -0.467. The molecule has 1 aliphatic rings. The van der Waals surface area contributed by atoms with Crippen LogP contribution in [0.2, 0.25) is 0 Å². The van der Waals surface area contributed by atoms with Crippen molar-refractivity contribution in [3.05, 3.63) is 71.7 Å². The van der Waals surface area contributed by atoms with E-state index >= 15 is 0 Å². The first-order valence-electron chi connectivity index (χ1n) is 9.07. The van der Waals surface area contributed by atoms with Crippen LogP contribution in [0.15, 0.2) is 54.9 Å². The first-order chi connectivity index (χ1) is 14.6. The Morgan fingerprint density at radius 1 is 1.00 bits per heavy atom. The molecule has 9 heteroatoms. The number of hydrogen-bond donors (Lipinski definition) is 2. The van der Waals surface area contributed by atoms with E-state index in [9.17, 15) is 9.59 Å². The number of anilines is 1. The molecule has 0 atom stereocenters. The molecule has 3 aromatic rings. The molecular formula is C21H18N4O5. The van der Waals surface area contributed by atoms with Crippen molar-refractivity contribution in [2.75, 3.05) is 19.2 Å². The molecule has 2 heterocycles. The zero-order valence-electron chi connectivity index (χ0n) is 16.0. The maximum absolute atomic E-state index is 12.6. The molecule has 4 rings (SSSR count). The summed E-state index contributed by atoms with van der Waals surface area (Å²) in [5.41, 5.74) is 1.24. The van der Waals surface area contributed by atoms with Crippen molar-refractivity contribution in [1.82, 2.24) is 15.3 Å². The minimum absolute atomic E-state index is 0.0140. The van der Waals surface area contributed by atoms with Crippen LogP contribution in [-0.2, 0) is 6.54 Å². The number of amides is 2. The van der Waals surface area contributed by atoms with E-state index in [4.69, 9.17) is 14.2 Å². The predicted octanol–water partition coefficient (Wildman–Crippen LogP) is 2.40. The number of aromatic nitrogens is 2. The Morgan fingerprint density at radius 2 is 1.77 bits per heavy atom. The van der Waals surface area contributed by atoms with Crippen LogP contribution in [0, 0.1) is 0 Å². The summed E-state index contributed by atoms with van der Waals surface area (Å²) in [4.78, 5) is 33.3. The summed E-state index contributed by atoms with van der Waals surface area (Å²) in [5.74, 6) is 1.13. The van der Waals surface area contributed by atoms with Crippen LogP contribution >= 0.6 is 0 Å². The molecule has 1 aromatic heterocycles. The van der Waals surface area contributed by atoms with Crippen molar-refractivity contribution in [3.8, 4) is 17.2 Å². The van der Waals surface area contributed by atoms with E-state index in [0.29, 0.717) is 22.8 Å². The van der Waals surface area contributed by atoms with Gasteiger partial charge in [0.25, 0.3) is 11.8 Å². The number of rotatable bonds is 6. The molecule has 2 aromatic carbocycles. The van der Waals surface area contributed by atoms with Crippen molar-refractivity contribution in [2.45, 2.75) is 6.54 Å². The highest BCUT2D eigenvalue weighted by Gasteiger charge is 2.18. The monoisotopic (exact) mass is 406 g/mol. The van der Waals surface area contributed by atoms with Crippen molar-refractivity contribution in [2.24, 2.45) is 0 Å². The van der Waals surface area contributed by atoms with Crippen molar-refractivity contribution in [3.63, 3.8) is 0 Å². The van der Waals surface area contributed by atoms with Gasteiger partial charge in [-0.25, -0.2) is 9.97 Å². The van der Waals surface area contributed by atoms with Gasteiger partial charge >= 0.3 is 0 Å². The summed E-state index contributed by atoms with van der Waals surface area (Å²) in [5, 5.41) is 5.40. The van der Waals surface area contributed by atoms with E-state index < -0.39 is 11.8 Å². The summed E-state index contributed by atoms with van der Waals surface area (Å²) in [7, 11) is 1.54. The van der Waals surface area contributed by atoms with Gasteiger partial charge in [0, 0.05) is 24.5 Å².